The number of halogens is 2. The average Bonchev–Trinajstić information content (AvgIpc) is 2.36. The number of aromatic nitrogens is 1. The molecule has 0 radical (unpaired) electrons. The van der Waals surface area contributed by atoms with Gasteiger partial charge in [-0.3, -0.25) is 4.72 Å². The Morgan fingerprint density at radius 1 is 1.20 bits per heavy atom. The van der Waals surface area contributed by atoms with Crippen molar-refractivity contribution in [2.45, 2.75) is 18.7 Å². The number of aryl methyl sites for hydroxylation is 2. The number of benzene rings is 1. The lowest BCUT2D eigenvalue weighted by Gasteiger charge is -2.10. The van der Waals surface area contributed by atoms with Crippen LogP contribution in [0, 0.1) is 13.8 Å². The van der Waals surface area contributed by atoms with E-state index in [-0.39, 0.29) is 10.0 Å². The van der Waals surface area contributed by atoms with Gasteiger partial charge in [0.05, 0.1) is 0 Å². The summed E-state index contributed by atoms with van der Waals surface area (Å²) in [6.45, 7) is 3.88. The molecule has 1 heterocycles. The van der Waals surface area contributed by atoms with Gasteiger partial charge in [-0.05, 0) is 59.1 Å². The molecule has 0 fully saturated rings. The Morgan fingerprint density at radius 2 is 1.90 bits per heavy atom. The molecular weight excluding hydrogens is 364 g/mol. The van der Waals surface area contributed by atoms with Crippen LogP contribution in [0.3, 0.4) is 0 Å². The molecule has 0 unspecified atom stereocenters. The Hall–Kier alpha value is -1.11. The predicted octanol–water partition coefficient (Wildman–Crippen LogP) is 3.92. The lowest BCUT2D eigenvalue weighted by atomic mass is 10.1. The molecule has 4 nitrogen and oxygen atoms in total. The maximum absolute atomic E-state index is 12.3. The number of nitrogens with zero attached hydrogens (tertiary/aromatic N) is 1. The minimum Gasteiger partial charge on any atom is -0.280 e. The molecule has 106 valence electrons. The van der Waals surface area contributed by atoms with Crippen molar-refractivity contribution in [2.75, 3.05) is 4.72 Å². The molecule has 2 aromatic rings. The van der Waals surface area contributed by atoms with Crippen molar-refractivity contribution < 1.29 is 8.42 Å². The van der Waals surface area contributed by atoms with E-state index >= 15 is 0 Å². The topological polar surface area (TPSA) is 59.1 Å². The van der Waals surface area contributed by atoms with Crippen LogP contribution < -0.4 is 4.72 Å². The fraction of sp³-hybridized carbons (Fsp3) is 0.154. The van der Waals surface area contributed by atoms with Crippen LogP contribution in [0.5, 0.6) is 0 Å². The molecule has 0 aliphatic heterocycles. The van der Waals surface area contributed by atoms with Crippen LogP contribution in [0.2, 0.25) is 5.15 Å². The van der Waals surface area contributed by atoms with Gasteiger partial charge in [-0.25, -0.2) is 13.4 Å². The smallest absolute Gasteiger partial charge is 0.265 e. The van der Waals surface area contributed by atoms with Gasteiger partial charge in [-0.15, -0.1) is 0 Å². The van der Waals surface area contributed by atoms with Crippen molar-refractivity contribution >= 4 is 43.2 Å². The Balaban J connectivity index is 2.40. The van der Waals surface area contributed by atoms with Gasteiger partial charge < -0.3 is 0 Å². The van der Waals surface area contributed by atoms with E-state index in [2.05, 4.69) is 25.6 Å². The average molecular weight is 376 g/mol. The first-order chi connectivity index (χ1) is 9.29. The van der Waals surface area contributed by atoms with Crippen LogP contribution in [0.1, 0.15) is 11.1 Å². The summed E-state index contributed by atoms with van der Waals surface area (Å²) >= 11 is 9.03. The van der Waals surface area contributed by atoms with Gasteiger partial charge in [0, 0.05) is 16.4 Å². The highest BCUT2D eigenvalue weighted by atomic mass is 79.9. The quantitative estimate of drug-likeness (QED) is 0.827. The summed E-state index contributed by atoms with van der Waals surface area (Å²) in [7, 11) is -3.77. The van der Waals surface area contributed by atoms with Crippen LogP contribution in [-0.4, -0.2) is 13.4 Å². The number of pyridine rings is 1. The van der Waals surface area contributed by atoms with Crippen LogP contribution in [0.15, 0.2) is 39.8 Å². The summed E-state index contributed by atoms with van der Waals surface area (Å²) in [5.74, 6) is 0. The zero-order valence-electron chi connectivity index (χ0n) is 10.8. The van der Waals surface area contributed by atoms with E-state index in [0.717, 1.165) is 11.1 Å². The standard InChI is InChI=1S/C13H12BrClN2O2S/c1-8-3-4-11(5-9(8)2)17-20(18,19)12-6-10(14)7-16-13(12)15/h3-7,17H,1-2H3. The van der Waals surface area contributed by atoms with E-state index in [1.807, 2.05) is 19.9 Å². The first-order valence-corrected chi connectivity index (χ1v) is 8.36. The SMILES string of the molecule is Cc1ccc(NS(=O)(=O)c2cc(Br)cnc2Cl)cc1C. The van der Waals surface area contributed by atoms with Crippen LogP contribution in [0.25, 0.3) is 0 Å². The van der Waals surface area contributed by atoms with Gasteiger partial charge in [-0.2, -0.15) is 0 Å². The molecule has 0 aliphatic carbocycles. The van der Waals surface area contributed by atoms with Gasteiger partial charge in [0.1, 0.15) is 10.0 Å². The number of sulfonamides is 1. The molecule has 1 aromatic carbocycles. The van der Waals surface area contributed by atoms with E-state index in [0.29, 0.717) is 10.2 Å². The van der Waals surface area contributed by atoms with E-state index in [1.165, 1.54) is 12.3 Å². The second-order valence-corrected chi connectivity index (χ2v) is 7.27. The van der Waals surface area contributed by atoms with Crippen LogP contribution >= 0.6 is 27.5 Å². The molecule has 0 aliphatic rings. The molecule has 7 heteroatoms. The monoisotopic (exact) mass is 374 g/mol. The molecule has 2 rings (SSSR count). The fourth-order valence-corrected chi connectivity index (χ4v) is 3.60. The molecule has 0 atom stereocenters. The molecular formula is C13H12BrClN2O2S. The van der Waals surface area contributed by atoms with E-state index in [4.69, 9.17) is 11.6 Å². The number of hydrogen-bond acceptors (Lipinski definition) is 3. The number of anilines is 1. The summed E-state index contributed by atoms with van der Waals surface area (Å²) in [5.41, 5.74) is 2.59. The van der Waals surface area contributed by atoms with Gasteiger partial charge in [0.15, 0.2) is 0 Å². The largest absolute Gasteiger partial charge is 0.280 e. The summed E-state index contributed by atoms with van der Waals surface area (Å²) in [6.07, 6.45) is 1.44. The maximum atomic E-state index is 12.3. The molecule has 0 saturated heterocycles. The summed E-state index contributed by atoms with van der Waals surface area (Å²) in [6, 6.07) is 6.75. The minimum atomic E-state index is -3.77. The Bertz CT molecular complexity index is 763. The van der Waals surface area contributed by atoms with Crippen molar-refractivity contribution in [2.24, 2.45) is 0 Å². The van der Waals surface area contributed by atoms with Crippen LogP contribution in [-0.2, 0) is 10.0 Å². The van der Waals surface area contributed by atoms with E-state index in [1.54, 1.807) is 12.1 Å². The minimum absolute atomic E-state index is 0.0632. The second-order valence-electron chi connectivity index (χ2n) is 4.35. The van der Waals surface area contributed by atoms with E-state index < -0.39 is 10.0 Å². The number of nitrogens with one attached hydrogen (secondary N) is 1. The van der Waals surface area contributed by atoms with Crippen molar-refractivity contribution in [1.29, 1.82) is 0 Å². The Kier molecular flexibility index (Phi) is 4.36. The van der Waals surface area contributed by atoms with Crippen molar-refractivity contribution in [3.05, 3.63) is 51.2 Å². The van der Waals surface area contributed by atoms with Crippen molar-refractivity contribution in [3.8, 4) is 0 Å². The van der Waals surface area contributed by atoms with Crippen LogP contribution in [0.4, 0.5) is 5.69 Å². The third-order valence-electron chi connectivity index (χ3n) is 2.82. The van der Waals surface area contributed by atoms with Gasteiger partial charge in [0.25, 0.3) is 10.0 Å². The lowest BCUT2D eigenvalue weighted by Crippen LogP contribution is -2.14. The van der Waals surface area contributed by atoms with Crippen molar-refractivity contribution in [3.63, 3.8) is 0 Å². The zero-order valence-corrected chi connectivity index (χ0v) is 14.0. The molecule has 0 spiro atoms. The van der Waals surface area contributed by atoms with Gasteiger partial charge in [0.2, 0.25) is 0 Å². The highest BCUT2D eigenvalue weighted by Gasteiger charge is 2.19. The Morgan fingerprint density at radius 3 is 2.55 bits per heavy atom. The maximum Gasteiger partial charge on any atom is 0.265 e. The Labute approximate surface area is 131 Å². The lowest BCUT2D eigenvalue weighted by molar-refractivity contribution is 0.601. The number of hydrogen-bond donors (Lipinski definition) is 1. The summed E-state index contributed by atoms with van der Waals surface area (Å²) in [4.78, 5) is 3.75. The molecule has 0 saturated carbocycles. The highest BCUT2D eigenvalue weighted by molar-refractivity contribution is 9.10. The predicted molar refractivity (Wildman–Crippen MR) is 83.7 cm³/mol. The summed E-state index contributed by atoms with van der Waals surface area (Å²) in [5, 5.41) is -0.0652. The first kappa shape index (κ1) is 15.3. The summed E-state index contributed by atoms with van der Waals surface area (Å²) < 4.78 is 27.7. The third kappa shape index (κ3) is 3.31. The first-order valence-electron chi connectivity index (χ1n) is 5.71. The van der Waals surface area contributed by atoms with Crippen molar-refractivity contribution in [1.82, 2.24) is 4.98 Å². The molecule has 0 amide bonds. The van der Waals surface area contributed by atoms with Gasteiger partial charge in [-0.1, -0.05) is 17.7 Å². The fourth-order valence-electron chi connectivity index (χ4n) is 1.61. The zero-order chi connectivity index (χ0) is 14.9. The van der Waals surface area contributed by atoms with Gasteiger partial charge >= 0.3 is 0 Å². The highest BCUT2D eigenvalue weighted by Crippen LogP contribution is 2.25. The number of rotatable bonds is 3. The molecule has 1 N–H and O–H groups in total. The normalized spacial score (nSPS) is 11.4. The molecule has 0 bridgehead atoms. The second kappa shape index (κ2) is 5.71. The molecule has 20 heavy (non-hydrogen) atoms. The third-order valence-corrected chi connectivity index (χ3v) is 5.06. The molecule has 1 aromatic heterocycles. The van der Waals surface area contributed by atoms with E-state index in [9.17, 15) is 8.42 Å².